The summed E-state index contributed by atoms with van der Waals surface area (Å²) in [4.78, 5) is 13.2. The molecule has 0 spiro atoms. The minimum Gasteiger partial charge on any atom is -0.320 e. The van der Waals surface area contributed by atoms with Crippen LogP contribution in [0.5, 0.6) is 0 Å². The quantitative estimate of drug-likeness (QED) is 0.758. The first-order chi connectivity index (χ1) is 9.91. The van der Waals surface area contributed by atoms with Crippen molar-refractivity contribution < 1.29 is 0 Å². The van der Waals surface area contributed by atoms with Gasteiger partial charge in [0.15, 0.2) is 0 Å². The molecule has 4 nitrogen and oxygen atoms in total. The van der Waals surface area contributed by atoms with Gasteiger partial charge in [-0.05, 0) is 41.6 Å². The minimum absolute atomic E-state index is 0.0325. The first-order valence-corrected chi connectivity index (χ1v) is 8.23. The molecule has 2 aromatic heterocycles. The van der Waals surface area contributed by atoms with Crippen molar-refractivity contribution in [2.75, 3.05) is 0 Å². The molecule has 6 heteroatoms. The zero-order valence-electron chi connectivity index (χ0n) is 12.1. The average molecular weight is 366 g/mol. The number of rotatable bonds is 2. The molecule has 0 saturated heterocycles. The SMILES string of the molecule is Cc1ccsc1C(N)c1cc2c(cc1Br)n(C)c(=O)n2C. The fourth-order valence-electron chi connectivity index (χ4n) is 2.62. The lowest BCUT2D eigenvalue weighted by atomic mass is 10.0. The summed E-state index contributed by atoms with van der Waals surface area (Å²) in [6.07, 6.45) is 0. The molecule has 3 rings (SSSR count). The van der Waals surface area contributed by atoms with Gasteiger partial charge in [-0.15, -0.1) is 11.3 Å². The van der Waals surface area contributed by atoms with E-state index < -0.39 is 0 Å². The topological polar surface area (TPSA) is 52.9 Å². The van der Waals surface area contributed by atoms with Gasteiger partial charge >= 0.3 is 5.69 Å². The number of hydrogen-bond donors (Lipinski definition) is 1. The molecule has 0 aliphatic rings. The number of thiophene rings is 1. The number of fused-ring (bicyclic) bond motifs is 1. The van der Waals surface area contributed by atoms with Crippen LogP contribution < -0.4 is 11.4 Å². The number of halogens is 1. The summed E-state index contributed by atoms with van der Waals surface area (Å²) in [6, 6.07) is 5.85. The molecule has 1 unspecified atom stereocenters. The van der Waals surface area contributed by atoms with Crippen molar-refractivity contribution in [3.63, 3.8) is 0 Å². The lowest BCUT2D eigenvalue weighted by molar-refractivity contribution is 0.795. The molecule has 0 saturated carbocycles. The van der Waals surface area contributed by atoms with Crippen LogP contribution in [-0.4, -0.2) is 9.13 Å². The Hall–Kier alpha value is -1.37. The number of nitrogens with zero attached hydrogens (tertiary/aromatic N) is 2. The van der Waals surface area contributed by atoms with Crippen LogP contribution in [0.3, 0.4) is 0 Å². The second-order valence-corrected chi connectivity index (χ2v) is 7.01. The molecule has 0 bridgehead atoms. The van der Waals surface area contributed by atoms with Crippen LogP contribution in [0.1, 0.15) is 22.0 Å². The van der Waals surface area contributed by atoms with Crippen molar-refractivity contribution >= 4 is 38.3 Å². The van der Waals surface area contributed by atoms with Gasteiger partial charge in [-0.3, -0.25) is 9.13 Å². The molecule has 0 amide bonds. The van der Waals surface area contributed by atoms with E-state index in [4.69, 9.17) is 5.73 Å². The third kappa shape index (κ3) is 2.18. The molecule has 110 valence electrons. The van der Waals surface area contributed by atoms with E-state index in [0.29, 0.717) is 0 Å². The monoisotopic (exact) mass is 365 g/mol. The lowest BCUT2D eigenvalue weighted by Gasteiger charge is -2.14. The number of aryl methyl sites for hydroxylation is 3. The van der Waals surface area contributed by atoms with Gasteiger partial charge in [0, 0.05) is 23.4 Å². The summed E-state index contributed by atoms with van der Waals surface area (Å²) in [5, 5.41) is 2.05. The predicted octanol–water partition coefficient (Wildman–Crippen LogP) is 3.06. The van der Waals surface area contributed by atoms with E-state index in [1.165, 1.54) is 5.56 Å². The maximum absolute atomic E-state index is 12.0. The summed E-state index contributed by atoms with van der Waals surface area (Å²) in [7, 11) is 3.56. The molecular weight excluding hydrogens is 350 g/mol. The molecule has 1 atom stereocenters. The fourth-order valence-corrected chi connectivity index (χ4v) is 4.14. The van der Waals surface area contributed by atoms with Gasteiger partial charge in [-0.1, -0.05) is 15.9 Å². The third-order valence-corrected chi connectivity index (χ3v) is 5.70. The first-order valence-electron chi connectivity index (χ1n) is 6.56. The summed E-state index contributed by atoms with van der Waals surface area (Å²) in [6.45, 7) is 2.07. The Bertz CT molecular complexity index is 890. The van der Waals surface area contributed by atoms with Crippen molar-refractivity contribution in [2.24, 2.45) is 19.8 Å². The summed E-state index contributed by atoms with van der Waals surface area (Å²) >= 11 is 5.26. The second kappa shape index (κ2) is 5.12. The molecule has 0 aliphatic carbocycles. The standard InChI is InChI=1S/C15H16BrN3OS/c1-8-4-5-21-14(8)13(17)9-6-11-12(7-10(9)16)19(3)15(20)18(11)2/h4-7,13H,17H2,1-3H3. The molecule has 0 fully saturated rings. The largest absolute Gasteiger partial charge is 0.328 e. The van der Waals surface area contributed by atoms with Crippen molar-refractivity contribution in [3.8, 4) is 0 Å². The van der Waals surface area contributed by atoms with Crippen molar-refractivity contribution in [1.82, 2.24) is 9.13 Å². The van der Waals surface area contributed by atoms with Gasteiger partial charge in [0.25, 0.3) is 0 Å². The van der Waals surface area contributed by atoms with E-state index in [2.05, 4.69) is 34.3 Å². The minimum atomic E-state index is -0.195. The molecule has 0 aliphatic heterocycles. The highest BCUT2D eigenvalue weighted by atomic mass is 79.9. The smallest absolute Gasteiger partial charge is 0.320 e. The van der Waals surface area contributed by atoms with Gasteiger partial charge in [0.1, 0.15) is 0 Å². The molecule has 0 radical (unpaired) electrons. The zero-order chi connectivity index (χ0) is 15.3. The maximum Gasteiger partial charge on any atom is 0.328 e. The Morgan fingerprint density at radius 1 is 1.24 bits per heavy atom. The summed E-state index contributed by atoms with van der Waals surface area (Å²) in [5.74, 6) is 0. The molecular formula is C15H16BrN3OS. The van der Waals surface area contributed by atoms with Crippen molar-refractivity contribution in [3.05, 3.63) is 54.5 Å². The van der Waals surface area contributed by atoms with Crippen LogP contribution >= 0.6 is 27.3 Å². The maximum atomic E-state index is 12.0. The van der Waals surface area contributed by atoms with Crippen LogP contribution in [0.15, 0.2) is 32.8 Å². The van der Waals surface area contributed by atoms with E-state index in [-0.39, 0.29) is 11.7 Å². The first kappa shape index (κ1) is 14.6. The van der Waals surface area contributed by atoms with E-state index in [0.717, 1.165) is 25.9 Å². The van der Waals surface area contributed by atoms with E-state index in [1.807, 2.05) is 12.1 Å². The number of nitrogens with two attached hydrogens (primary N) is 1. The van der Waals surface area contributed by atoms with Gasteiger partial charge < -0.3 is 5.73 Å². The molecule has 2 N–H and O–H groups in total. The van der Waals surface area contributed by atoms with Gasteiger partial charge in [-0.2, -0.15) is 0 Å². The third-order valence-electron chi connectivity index (χ3n) is 3.91. The van der Waals surface area contributed by atoms with Crippen molar-refractivity contribution in [1.29, 1.82) is 0 Å². The Kier molecular flexibility index (Phi) is 3.55. The summed E-state index contributed by atoms with van der Waals surface area (Å²) < 4.78 is 4.22. The normalized spacial score (nSPS) is 13.0. The van der Waals surface area contributed by atoms with Crippen LogP contribution in [0.4, 0.5) is 0 Å². The lowest BCUT2D eigenvalue weighted by Crippen LogP contribution is -2.19. The van der Waals surface area contributed by atoms with Crippen LogP contribution in [0.2, 0.25) is 0 Å². The highest BCUT2D eigenvalue weighted by Crippen LogP contribution is 2.33. The predicted molar refractivity (Wildman–Crippen MR) is 90.9 cm³/mol. The molecule has 21 heavy (non-hydrogen) atoms. The Morgan fingerprint density at radius 2 is 1.86 bits per heavy atom. The molecule has 2 heterocycles. The summed E-state index contributed by atoms with van der Waals surface area (Å²) in [5.41, 5.74) is 10.4. The van der Waals surface area contributed by atoms with Gasteiger partial charge in [-0.25, -0.2) is 4.79 Å². The second-order valence-electron chi connectivity index (χ2n) is 5.21. The number of imidazole rings is 1. The van der Waals surface area contributed by atoms with E-state index >= 15 is 0 Å². The Balaban J connectivity index is 2.24. The molecule has 3 aromatic rings. The van der Waals surface area contributed by atoms with Gasteiger partial charge in [0.05, 0.1) is 17.1 Å². The van der Waals surface area contributed by atoms with Crippen LogP contribution in [0, 0.1) is 6.92 Å². The van der Waals surface area contributed by atoms with Crippen LogP contribution in [-0.2, 0) is 14.1 Å². The Morgan fingerprint density at radius 3 is 2.43 bits per heavy atom. The van der Waals surface area contributed by atoms with Crippen LogP contribution in [0.25, 0.3) is 11.0 Å². The van der Waals surface area contributed by atoms with Gasteiger partial charge in [0.2, 0.25) is 0 Å². The zero-order valence-corrected chi connectivity index (χ0v) is 14.5. The number of benzene rings is 1. The van der Waals surface area contributed by atoms with E-state index in [1.54, 1.807) is 34.6 Å². The number of aromatic nitrogens is 2. The highest BCUT2D eigenvalue weighted by Gasteiger charge is 2.18. The highest BCUT2D eigenvalue weighted by molar-refractivity contribution is 9.10. The van der Waals surface area contributed by atoms with Crippen molar-refractivity contribution in [2.45, 2.75) is 13.0 Å². The Labute approximate surface area is 134 Å². The number of hydrogen-bond acceptors (Lipinski definition) is 3. The fraction of sp³-hybridized carbons (Fsp3) is 0.267. The van der Waals surface area contributed by atoms with E-state index in [9.17, 15) is 4.79 Å². The molecule has 1 aromatic carbocycles. The average Bonchev–Trinajstić information content (AvgIpc) is 2.97.